The summed E-state index contributed by atoms with van der Waals surface area (Å²) in [5.41, 5.74) is 17.0. The summed E-state index contributed by atoms with van der Waals surface area (Å²) in [6.07, 6.45) is 2.61. The first-order chi connectivity index (χ1) is 8.74. The molecule has 1 saturated carbocycles. The molecular formula is C14H17N3S. The van der Waals surface area contributed by atoms with E-state index in [-0.39, 0.29) is 0 Å². The molecule has 4 heteroatoms. The lowest BCUT2D eigenvalue weighted by molar-refractivity contribution is 0.690. The van der Waals surface area contributed by atoms with Gasteiger partial charge in [0.25, 0.3) is 0 Å². The summed E-state index contributed by atoms with van der Waals surface area (Å²) < 4.78 is 0. The van der Waals surface area contributed by atoms with Gasteiger partial charge in [-0.25, -0.2) is 0 Å². The standard InChI is InChI=1S/C14H17N3S/c15-10-1-4-14(16)12(5-10)13-8-18-7-9(13)6-17-11-2-3-11/h1,4-5,7-8,11,17H,2-3,6,15-16H2. The number of nitrogens with one attached hydrogen (secondary N) is 1. The van der Waals surface area contributed by atoms with E-state index in [1.165, 1.54) is 24.0 Å². The Morgan fingerprint density at radius 3 is 2.78 bits per heavy atom. The molecule has 0 aliphatic heterocycles. The lowest BCUT2D eigenvalue weighted by Crippen LogP contribution is -2.15. The molecular weight excluding hydrogens is 242 g/mol. The molecule has 18 heavy (non-hydrogen) atoms. The minimum Gasteiger partial charge on any atom is -0.399 e. The average molecular weight is 259 g/mol. The van der Waals surface area contributed by atoms with E-state index in [4.69, 9.17) is 11.5 Å². The molecule has 0 radical (unpaired) electrons. The molecule has 5 N–H and O–H groups in total. The third-order valence-corrected chi connectivity index (χ3v) is 4.06. The summed E-state index contributed by atoms with van der Waals surface area (Å²) in [5, 5.41) is 7.87. The van der Waals surface area contributed by atoms with E-state index in [1.807, 2.05) is 18.2 Å². The van der Waals surface area contributed by atoms with E-state index in [9.17, 15) is 0 Å². The van der Waals surface area contributed by atoms with Gasteiger partial charge >= 0.3 is 0 Å². The van der Waals surface area contributed by atoms with E-state index in [1.54, 1.807) is 11.3 Å². The second-order valence-electron chi connectivity index (χ2n) is 4.81. The number of nitrogen functional groups attached to an aromatic ring is 2. The van der Waals surface area contributed by atoms with E-state index in [0.29, 0.717) is 0 Å². The van der Waals surface area contributed by atoms with Crippen LogP contribution >= 0.6 is 11.3 Å². The highest BCUT2D eigenvalue weighted by Crippen LogP contribution is 2.33. The molecule has 2 aromatic rings. The van der Waals surface area contributed by atoms with Gasteiger partial charge in [0.05, 0.1) is 0 Å². The fourth-order valence-electron chi connectivity index (χ4n) is 2.05. The van der Waals surface area contributed by atoms with Crippen LogP contribution in [0.4, 0.5) is 11.4 Å². The smallest absolute Gasteiger partial charge is 0.0395 e. The van der Waals surface area contributed by atoms with Gasteiger partial charge in [-0.05, 0) is 52.9 Å². The first kappa shape index (κ1) is 11.6. The average Bonchev–Trinajstić information content (AvgIpc) is 3.08. The second kappa shape index (κ2) is 4.63. The van der Waals surface area contributed by atoms with Crippen LogP contribution in [0.5, 0.6) is 0 Å². The Labute approximate surface area is 111 Å². The van der Waals surface area contributed by atoms with Gasteiger partial charge < -0.3 is 16.8 Å². The molecule has 1 aromatic heterocycles. The van der Waals surface area contributed by atoms with Gasteiger partial charge in [-0.2, -0.15) is 11.3 Å². The maximum absolute atomic E-state index is 6.05. The molecule has 94 valence electrons. The van der Waals surface area contributed by atoms with Gasteiger partial charge in [0.1, 0.15) is 0 Å². The molecule has 0 spiro atoms. The minimum absolute atomic E-state index is 0.718. The van der Waals surface area contributed by atoms with Gasteiger partial charge in [-0.1, -0.05) is 0 Å². The quantitative estimate of drug-likeness (QED) is 0.740. The molecule has 1 aromatic carbocycles. The molecule has 0 saturated heterocycles. The number of anilines is 2. The Hall–Kier alpha value is -1.52. The highest BCUT2D eigenvalue weighted by molar-refractivity contribution is 7.08. The Morgan fingerprint density at radius 1 is 1.17 bits per heavy atom. The van der Waals surface area contributed by atoms with Gasteiger partial charge in [-0.15, -0.1) is 0 Å². The number of benzene rings is 1. The number of rotatable bonds is 4. The van der Waals surface area contributed by atoms with Crippen molar-refractivity contribution in [2.45, 2.75) is 25.4 Å². The van der Waals surface area contributed by atoms with E-state index < -0.39 is 0 Å². The van der Waals surface area contributed by atoms with E-state index >= 15 is 0 Å². The SMILES string of the molecule is Nc1ccc(N)c(-c2cscc2CNC2CC2)c1. The van der Waals surface area contributed by atoms with Crippen LogP contribution in [0, 0.1) is 0 Å². The number of hydrogen-bond donors (Lipinski definition) is 3. The number of thiophene rings is 1. The third-order valence-electron chi connectivity index (χ3n) is 3.27. The molecule has 3 rings (SSSR count). The van der Waals surface area contributed by atoms with Crippen LogP contribution in [0.25, 0.3) is 11.1 Å². The van der Waals surface area contributed by atoms with Crippen LogP contribution in [-0.2, 0) is 6.54 Å². The Kier molecular flexibility index (Phi) is 2.97. The molecule has 0 bridgehead atoms. The molecule has 0 atom stereocenters. The molecule has 1 aliphatic rings. The van der Waals surface area contributed by atoms with Crippen LogP contribution in [0.15, 0.2) is 29.0 Å². The predicted molar refractivity (Wildman–Crippen MR) is 78.4 cm³/mol. The van der Waals surface area contributed by atoms with Gasteiger partial charge in [0.15, 0.2) is 0 Å². The molecule has 1 fully saturated rings. The van der Waals surface area contributed by atoms with Crippen LogP contribution in [0.1, 0.15) is 18.4 Å². The zero-order chi connectivity index (χ0) is 12.5. The van der Waals surface area contributed by atoms with Crippen LogP contribution < -0.4 is 16.8 Å². The highest BCUT2D eigenvalue weighted by atomic mass is 32.1. The van der Waals surface area contributed by atoms with Gasteiger partial charge in [-0.3, -0.25) is 0 Å². The zero-order valence-electron chi connectivity index (χ0n) is 10.1. The Morgan fingerprint density at radius 2 is 2.00 bits per heavy atom. The largest absolute Gasteiger partial charge is 0.399 e. The zero-order valence-corrected chi connectivity index (χ0v) is 11.0. The maximum atomic E-state index is 6.05. The van der Waals surface area contributed by atoms with Crippen LogP contribution in [-0.4, -0.2) is 6.04 Å². The highest BCUT2D eigenvalue weighted by Gasteiger charge is 2.21. The molecule has 3 nitrogen and oxygen atoms in total. The minimum atomic E-state index is 0.718. The van der Waals surface area contributed by atoms with Crippen molar-refractivity contribution in [2.24, 2.45) is 0 Å². The van der Waals surface area contributed by atoms with Crippen molar-refractivity contribution in [3.05, 3.63) is 34.5 Å². The number of hydrogen-bond acceptors (Lipinski definition) is 4. The second-order valence-corrected chi connectivity index (χ2v) is 5.56. The lowest BCUT2D eigenvalue weighted by atomic mass is 10.0. The van der Waals surface area contributed by atoms with Crippen molar-refractivity contribution in [3.8, 4) is 11.1 Å². The van der Waals surface area contributed by atoms with E-state index in [0.717, 1.165) is 29.5 Å². The topological polar surface area (TPSA) is 64.1 Å². The summed E-state index contributed by atoms with van der Waals surface area (Å²) >= 11 is 1.71. The monoisotopic (exact) mass is 259 g/mol. The molecule has 0 amide bonds. The summed E-state index contributed by atoms with van der Waals surface area (Å²) in [5.74, 6) is 0. The van der Waals surface area contributed by atoms with E-state index in [2.05, 4.69) is 16.1 Å². The fourth-order valence-corrected chi connectivity index (χ4v) is 2.90. The predicted octanol–water partition coefficient (Wildman–Crippen LogP) is 2.83. The van der Waals surface area contributed by atoms with Crippen LogP contribution in [0.2, 0.25) is 0 Å². The first-order valence-corrected chi connectivity index (χ1v) is 7.12. The van der Waals surface area contributed by atoms with Gasteiger partial charge in [0, 0.05) is 29.5 Å². The van der Waals surface area contributed by atoms with Crippen molar-refractivity contribution < 1.29 is 0 Å². The lowest BCUT2D eigenvalue weighted by Gasteiger charge is -2.09. The summed E-state index contributed by atoms with van der Waals surface area (Å²) in [6, 6.07) is 6.39. The summed E-state index contributed by atoms with van der Waals surface area (Å²) in [7, 11) is 0. The Bertz CT molecular complexity index is 558. The Balaban J connectivity index is 1.90. The molecule has 0 unspecified atom stereocenters. The fraction of sp³-hybridized carbons (Fsp3) is 0.286. The number of nitrogens with two attached hydrogens (primary N) is 2. The molecule has 1 heterocycles. The maximum Gasteiger partial charge on any atom is 0.0395 e. The normalized spacial score (nSPS) is 14.9. The van der Waals surface area contributed by atoms with Gasteiger partial charge in [0.2, 0.25) is 0 Å². The third kappa shape index (κ3) is 2.35. The van der Waals surface area contributed by atoms with Crippen molar-refractivity contribution in [2.75, 3.05) is 11.5 Å². The summed E-state index contributed by atoms with van der Waals surface area (Å²) in [6.45, 7) is 0.914. The van der Waals surface area contributed by atoms with Crippen molar-refractivity contribution in [1.29, 1.82) is 0 Å². The van der Waals surface area contributed by atoms with Crippen molar-refractivity contribution in [3.63, 3.8) is 0 Å². The van der Waals surface area contributed by atoms with Crippen LogP contribution in [0.3, 0.4) is 0 Å². The van der Waals surface area contributed by atoms with Crippen molar-refractivity contribution >= 4 is 22.7 Å². The summed E-state index contributed by atoms with van der Waals surface area (Å²) in [4.78, 5) is 0. The first-order valence-electron chi connectivity index (χ1n) is 6.18. The van der Waals surface area contributed by atoms with Crippen molar-refractivity contribution in [1.82, 2.24) is 5.32 Å². The molecule has 1 aliphatic carbocycles.